The second-order valence-electron chi connectivity index (χ2n) is 13.6. The van der Waals surface area contributed by atoms with E-state index in [1.807, 2.05) is 43.3 Å². The summed E-state index contributed by atoms with van der Waals surface area (Å²) in [6.07, 6.45) is 5.37. The van der Waals surface area contributed by atoms with Crippen molar-refractivity contribution in [3.05, 3.63) is 77.4 Å². The summed E-state index contributed by atoms with van der Waals surface area (Å²) >= 11 is 0. The van der Waals surface area contributed by atoms with E-state index in [2.05, 4.69) is 41.9 Å². The SMILES string of the molecule is COc1ccc(C[C@H](NC(=O)C2CCC(CN)CC2)C(=O)Nc2ccc(-c3nn[nH]n3)cc2)cc1-c1ccc(C(=O)NC2CCNCC2)cc1C.Cl. The van der Waals surface area contributed by atoms with Crippen molar-refractivity contribution in [3.8, 4) is 28.3 Å². The minimum atomic E-state index is -0.843. The van der Waals surface area contributed by atoms with Crippen LogP contribution in [-0.4, -0.2) is 77.2 Å². The average Bonchev–Trinajstić information content (AvgIpc) is 3.70. The summed E-state index contributed by atoms with van der Waals surface area (Å²) in [4.78, 5) is 40.5. The monoisotopic (exact) mass is 729 g/mol. The van der Waals surface area contributed by atoms with E-state index in [-0.39, 0.29) is 48.5 Å². The number of hydrogen-bond acceptors (Lipinski definition) is 9. The van der Waals surface area contributed by atoms with Gasteiger partial charge in [-0.2, -0.15) is 5.21 Å². The van der Waals surface area contributed by atoms with E-state index in [0.717, 1.165) is 79.4 Å². The number of tetrazole rings is 1. The number of aromatic nitrogens is 4. The van der Waals surface area contributed by atoms with Crippen molar-refractivity contribution in [2.75, 3.05) is 32.1 Å². The van der Waals surface area contributed by atoms with Crippen LogP contribution in [0.3, 0.4) is 0 Å². The van der Waals surface area contributed by atoms with Gasteiger partial charge in [0.05, 0.1) is 7.11 Å². The van der Waals surface area contributed by atoms with Crippen LogP contribution in [0.4, 0.5) is 5.69 Å². The summed E-state index contributed by atoms with van der Waals surface area (Å²) in [7, 11) is 1.62. The molecule has 7 N–H and O–H groups in total. The Hall–Kier alpha value is -4.85. The molecular weight excluding hydrogens is 682 g/mol. The lowest BCUT2D eigenvalue weighted by Gasteiger charge is -2.28. The molecule has 2 heterocycles. The molecule has 0 radical (unpaired) electrons. The van der Waals surface area contributed by atoms with Crippen LogP contribution in [0.1, 0.15) is 60.0 Å². The number of aromatic amines is 1. The smallest absolute Gasteiger partial charge is 0.251 e. The summed E-state index contributed by atoms with van der Waals surface area (Å²) in [5.41, 5.74) is 11.3. The first-order valence-corrected chi connectivity index (χ1v) is 17.8. The van der Waals surface area contributed by atoms with E-state index in [9.17, 15) is 14.4 Å². The van der Waals surface area contributed by atoms with Gasteiger partial charge in [0, 0.05) is 40.8 Å². The number of benzene rings is 3. The first kappa shape index (κ1) is 38.4. The third kappa shape index (κ3) is 9.52. The van der Waals surface area contributed by atoms with Crippen LogP contribution in [0.15, 0.2) is 60.7 Å². The summed E-state index contributed by atoms with van der Waals surface area (Å²) in [5.74, 6) is 0.840. The summed E-state index contributed by atoms with van der Waals surface area (Å²) in [6.45, 7) is 4.40. The number of aryl methyl sites for hydroxylation is 1. The lowest BCUT2D eigenvalue weighted by atomic mass is 9.81. The van der Waals surface area contributed by atoms with Crippen LogP contribution in [0, 0.1) is 18.8 Å². The molecule has 2 aliphatic rings. The van der Waals surface area contributed by atoms with Crippen LogP contribution in [0.2, 0.25) is 0 Å². The van der Waals surface area contributed by atoms with Crippen molar-refractivity contribution in [2.24, 2.45) is 17.6 Å². The van der Waals surface area contributed by atoms with Crippen LogP contribution in [-0.2, 0) is 16.0 Å². The van der Waals surface area contributed by atoms with Gasteiger partial charge in [-0.3, -0.25) is 14.4 Å². The van der Waals surface area contributed by atoms with Gasteiger partial charge in [-0.15, -0.1) is 22.6 Å². The Morgan fingerprint density at radius 2 is 1.69 bits per heavy atom. The molecule has 2 fully saturated rings. The average molecular weight is 730 g/mol. The molecule has 1 saturated carbocycles. The van der Waals surface area contributed by atoms with E-state index in [0.29, 0.717) is 35.3 Å². The molecule has 14 heteroatoms. The molecule has 0 spiro atoms. The third-order valence-corrected chi connectivity index (χ3v) is 10.1. The molecule has 0 bridgehead atoms. The fourth-order valence-corrected chi connectivity index (χ4v) is 7.05. The quantitative estimate of drug-likeness (QED) is 0.124. The van der Waals surface area contributed by atoms with Crippen molar-refractivity contribution in [2.45, 2.75) is 64.0 Å². The van der Waals surface area contributed by atoms with Gasteiger partial charge in [0.1, 0.15) is 11.8 Å². The number of piperidine rings is 1. The molecule has 0 unspecified atom stereocenters. The van der Waals surface area contributed by atoms with Gasteiger partial charge in [-0.25, -0.2) is 0 Å². The number of nitrogens with two attached hydrogens (primary N) is 1. The molecule has 13 nitrogen and oxygen atoms in total. The predicted octanol–water partition coefficient (Wildman–Crippen LogP) is 4.19. The fourth-order valence-electron chi connectivity index (χ4n) is 7.05. The molecule has 1 atom stereocenters. The second kappa shape index (κ2) is 18.1. The molecule has 1 saturated heterocycles. The third-order valence-electron chi connectivity index (χ3n) is 10.1. The summed E-state index contributed by atoms with van der Waals surface area (Å²) in [5, 5.41) is 26.6. The summed E-state index contributed by atoms with van der Waals surface area (Å²) < 4.78 is 5.76. The van der Waals surface area contributed by atoms with E-state index in [4.69, 9.17) is 10.5 Å². The van der Waals surface area contributed by atoms with Crippen molar-refractivity contribution in [3.63, 3.8) is 0 Å². The van der Waals surface area contributed by atoms with Crippen LogP contribution < -0.4 is 31.7 Å². The molecule has 4 aromatic rings. The predicted molar refractivity (Wildman–Crippen MR) is 202 cm³/mol. The first-order chi connectivity index (χ1) is 24.8. The maximum Gasteiger partial charge on any atom is 0.251 e. The van der Waals surface area contributed by atoms with Crippen molar-refractivity contribution < 1.29 is 19.1 Å². The van der Waals surface area contributed by atoms with Gasteiger partial charge < -0.3 is 31.7 Å². The number of rotatable bonds is 12. The highest BCUT2D eigenvalue weighted by Gasteiger charge is 2.30. The number of halogens is 1. The highest BCUT2D eigenvalue weighted by atomic mass is 35.5. The first-order valence-electron chi connectivity index (χ1n) is 17.8. The van der Waals surface area contributed by atoms with Gasteiger partial charge in [0.2, 0.25) is 17.6 Å². The van der Waals surface area contributed by atoms with Gasteiger partial charge in [-0.1, -0.05) is 12.1 Å². The molecule has 1 aliphatic carbocycles. The number of carbonyl (C=O) groups excluding carboxylic acids is 3. The highest BCUT2D eigenvalue weighted by Crippen LogP contribution is 2.34. The Labute approximate surface area is 310 Å². The Bertz CT molecular complexity index is 1810. The number of carbonyl (C=O) groups is 3. The zero-order valence-corrected chi connectivity index (χ0v) is 30.4. The maximum atomic E-state index is 13.9. The molecular formula is C38H48ClN9O4. The minimum absolute atomic E-state index is 0. The molecule has 1 aromatic heterocycles. The zero-order chi connectivity index (χ0) is 35.7. The number of hydrogen-bond donors (Lipinski definition) is 6. The highest BCUT2D eigenvalue weighted by molar-refractivity contribution is 5.98. The molecule has 3 aromatic carbocycles. The fraction of sp³-hybridized carbons (Fsp3) is 0.421. The minimum Gasteiger partial charge on any atom is -0.496 e. The number of methoxy groups -OCH3 is 1. The van der Waals surface area contributed by atoms with Gasteiger partial charge >= 0.3 is 0 Å². The van der Waals surface area contributed by atoms with Crippen LogP contribution >= 0.6 is 12.4 Å². The van der Waals surface area contributed by atoms with Crippen LogP contribution in [0.5, 0.6) is 5.75 Å². The van der Waals surface area contributed by atoms with Crippen LogP contribution in [0.25, 0.3) is 22.5 Å². The van der Waals surface area contributed by atoms with E-state index < -0.39 is 6.04 Å². The lowest BCUT2D eigenvalue weighted by molar-refractivity contribution is -0.130. The Balaban J connectivity index is 0.00000523. The lowest BCUT2D eigenvalue weighted by Crippen LogP contribution is -2.48. The zero-order valence-electron chi connectivity index (χ0n) is 29.6. The van der Waals surface area contributed by atoms with E-state index >= 15 is 0 Å². The van der Waals surface area contributed by atoms with Gasteiger partial charge in [-0.05, 0) is 141 Å². The van der Waals surface area contributed by atoms with Crippen molar-refractivity contribution in [1.29, 1.82) is 0 Å². The van der Waals surface area contributed by atoms with E-state index in [1.165, 1.54) is 0 Å². The normalized spacial score (nSPS) is 18.1. The molecule has 3 amide bonds. The van der Waals surface area contributed by atoms with Crippen molar-refractivity contribution >= 4 is 35.8 Å². The molecule has 52 heavy (non-hydrogen) atoms. The standard InChI is InChI=1S/C38H47N9O4.ClH/c1-23-19-28(37(49)41-30-15-17-40-18-16-30)10-13-31(23)32-20-25(5-14-34(32)51-2)21-33(43-36(48)27-6-3-24(22-39)4-7-27)38(50)42-29-11-8-26(9-12-29)35-44-46-47-45-35;/h5,8-14,19-20,24,27,30,33,40H,3-4,6-7,15-18,21-22,39H2,1-2H3,(H,41,49)(H,42,50)(H,43,48)(H,44,45,46,47);1H/t24?,27?,33-;/m0./s1. The number of ether oxygens (including phenoxy) is 1. The summed E-state index contributed by atoms with van der Waals surface area (Å²) in [6, 6.07) is 17.9. The largest absolute Gasteiger partial charge is 0.496 e. The number of nitrogens with one attached hydrogen (secondary N) is 5. The number of anilines is 1. The molecule has 1 aliphatic heterocycles. The maximum absolute atomic E-state index is 13.9. The number of H-pyrrole nitrogens is 1. The Morgan fingerprint density at radius 1 is 0.942 bits per heavy atom. The van der Waals surface area contributed by atoms with E-state index in [1.54, 1.807) is 31.4 Å². The van der Waals surface area contributed by atoms with Gasteiger partial charge in [0.25, 0.3) is 5.91 Å². The topological polar surface area (TPSA) is 189 Å². The number of amides is 3. The molecule has 6 rings (SSSR count). The van der Waals surface area contributed by atoms with Gasteiger partial charge in [0.15, 0.2) is 0 Å². The Morgan fingerprint density at radius 3 is 2.35 bits per heavy atom. The molecule has 276 valence electrons. The van der Waals surface area contributed by atoms with Crippen molar-refractivity contribution in [1.82, 2.24) is 36.6 Å². The Kier molecular flexibility index (Phi) is 13.3. The second-order valence-corrected chi connectivity index (χ2v) is 13.6. The number of nitrogens with zero attached hydrogens (tertiary/aromatic N) is 3.